The van der Waals surface area contributed by atoms with E-state index in [0.29, 0.717) is 11.6 Å². The number of amides is 4. The molecule has 1 fully saturated rings. The SMILES string of the molecule is CC1(c2cccc3ccccc23)NC(=O)N(CC(=O)Nc2ccc(F)cc2F)C1=O. The Morgan fingerprint density at radius 2 is 1.80 bits per heavy atom. The van der Waals surface area contributed by atoms with Gasteiger partial charge in [-0.15, -0.1) is 0 Å². The van der Waals surface area contributed by atoms with Gasteiger partial charge in [-0.25, -0.2) is 13.6 Å². The zero-order valence-electron chi connectivity index (χ0n) is 15.9. The first-order valence-electron chi connectivity index (χ1n) is 9.17. The third-order valence-electron chi connectivity index (χ3n) is 5.11. The summed E-state index contributed by atoms with van der Waals surface area (Å²) >= 11 is 0. The van der Waals surface area contributed by atoms with Gasteiger partial charge in [0.15, 0.2) is 0 Å². The molecule has 4 amide bonds. The molecule has 1 aliphatic heterocycles. The summed E-state index contributed by atoms with van der Waals surface area (Å²) in [5.74, 6) is -3.13. The standard InChI is InChI=1S/C22H17F2N3O3/c1-22(16-8-4-6-13-5-2-3-7-15(13)16)20(29)27(21(30)26-22)12-19(28)25-18-10-9-14(23)11-17(18)24/h2-11H,12H2,1H3,(H,25,28)(H,26,30). The number of rotatable bonds is 4. The number of benzene rings is 3. The lowest BCUT2D eigenvalue weighted by Gasteiger charge is -2.24. The second-order valence-corrected chi connectivity index (χ2v) is 7.15. The van der Waals surface area contributed by atoms with Gasteiger partial charge in [0.05, 0.1) is 5.69 Å². The van der Waals surface area contributed by atoms with Crippen LogP contribution in [0.4, 0.5) is 19.3 Å². The van der Waals surface area contributed by atoms with E-state index in [1.807, 2.05) is 30.3 Å². The van der Waals surface area contributed by atoms with Crippen LogP contribution in [0.15, 0.2) is 60.7 Å². The van der Waals surface area contributed by atoms with Crippen molar-refractivity contribution in [2.75, 3.05) is 11.9 Å². The number of nitrogens with one attached hydrogen (secondary N) is 2. The number of hydrogen-bond acceptors (Lipinski definition) is 3. The fourth-order valence-electron chi connectivity index (χ4n) is 3.61. The number of anilines is 1. The Kier molecular flexibility index (Phi) is 4.69. The molecule has 3 aromatic rings. The molecule has 0 radical (unpaired) electrons. The summed E-state index contributed by atoms with van der Waals surface area (Å²) in [6.45, 7) is 0.967. The van der Waals surface area contributed by atoms with E-state index in [9.17, 15) is 23.2 Å². The van der Waals surface area contributed by atoms with Gasteiger partial charge in [0, 0.05) is 6.07 Å². The van der Waals surface area contributed by atoms with Crippen LogP contribution in [0.5, 0.6) is 0 Å². The highest BCUT2D eigenvalue weighted by atomic mass is 19.1. The molecule has 6 nitrogen and oxygen atoms in total. The number of nitrogens with zero attached hydrogens (tertiary/aromatic N) is 1. The first-order chi connectivity index (χ1) is 14.3. The highest BCUT2D eigenvalue weighted by Gasteiger charge is 2.50. The maximum Gasteiger partial charge on any atom is 0.325 e. The molecule has 0 aromatic heterocycles. The minimum absolute atomic E-state index is 0.245. The largest absolute Gasteiger partial charge is 0.325 e. The Labute approximate surface area is 170 Å². The highest BCUT2D eigenvalue weighted by molar-refractivity contribution is 6.11. The Morgan fingerprint density at radius 3 is 2.57 bits per heavy atom. The average molecular weight is 409 g/mol. The molecule has 4 rings (SSSR count). The number of hydrogen-bond donors (Lipinski definition) is 2. The summed E-state index contributed by atoms with van der Waals surface area (Å²) in [6, 6.07) is 14.8. The number of urea groups is 1. The smallest absolute Gasteiger partial charge is 0.322 e. The van der Waals surface area contributed by atoms with E-state index >= 15 is 0 Å². The van der Waals surface area contributed by atoms with Crippen LogP contribution in [0.2, 0.25) is 0 Å². The summed E-state index contributed by atoms with van der Waals surface area (Å²) in [6.07, 6.45) is 0. The quantitative estimate of drug-likeness (QED) is 0.647. The van der Waals surface area contributed by atoms with E-state index in [0.717, 1.165) is 27.8 Å². The molecule has 3 aromatic carbocycles. The monoisotopic (exact) mass is 409 g/mol. The average Bonchev–Trinajstić information content (AvgIpc) is 2.93. The Hall–Kier alpha value is -3.81. The normalized spacial score (nSPS) is 18.6. The Bertz CT molecular complexity index is 1190. The Morgan fingerprint density at radius 1 is 1.07 bits per heavy atom. The van der Waals surface area contributed by atoms with Crippen molar-refractivity contribution in [1.82, 2.24) is 10.2 Å². The van der Waals surface area contributed by atoms with Crippen molar-refractivity contribution in [3.05, 3.63) is 77.9 Å². The van der Waals surface area contributed by atoms with Crippen LogP contribution in [-0.4, -0.2) is 29.3 Å². The molecule has 1 saturated heterocycles. The molecule has 1 aliphatic rings. The predicted octanol–water partition coefficient (Wildman–Crippen LogP) is 3.52. The van der Waals surface area contributed by atoms with Crippen molar-refractivity contribution in [2.24, 2.45) is 0 Å². The zero-order chi connectivity index (χ0) is 21.5. The molecule has 1 unspecified atom stereocenters. The molecule has 1 atom stereocenters. The van der Waals surface area contributed by atoms with E-state index in [4.69, 9.17) is 0 Å². The van der Waals surface area contributed by atoms with Gasteiger partial charge in [0.2, 0.25) is 5.91 Å². The number of fused-ring (bicyclic) bond motifs is 1. The molecular weight excluding hydrogens is 392 g/mol. The van der Waals surface area contributed by atoms with Crippen molar-refractivity contribution in [3.63, 3.8) is 0 Å². The molecule has 1 heterocycles. The van der Waals surface area contributed by atoms with Crippen molar-refractivity contribution >= 4 is 34.3 Å². The summed E-state index contributed by atoms with van der Waals surface area (Å²) in [7, 11) is 0. The number of halogens is 2. The number of imide groups is 1. The van der Waals surface area contributed by atoms with Gasteiger partial charge in [-0.2, -0.15) is 0 Å². The van der Waals surface area contributed by atoms with Crippen LogP contribution >= 0.6 is 0 Å². The molecule has 2 N–H and O–H groups in total. The van der Waals surface area contributed by atoms with Gasteiger partial charge >= 0.3 is 6.03 Å². The number of carbonyl (C=O) groups is 3. The molecule has 8 heteroatoms. The molecule has 0 saturated carbocycles. The van der Waals surface area contributed by atoms with E-state index in [-0.39, 0.29) is 5.69 Å². The molecule has 152 valence electrons. The van der Waals surface area contributed by atoms with Crippen molar-refractivity contribution in [2.45, 2.75) is 12.5 Å². The van der Waals surface area contributed by atoms with Gasteiger partial charge in [-0.05, 0) is 35.4 Å². The third kappa shape index (κ3) is 3.26. The number of carbonyl (C=O) groups excluding carboxylic acids is 3. The van der Waals surface area contributed by atoms with Gasteiger partial charge in [-0.3, -0.25) is 14.5 Å². The van der Waals surface area contributed by atoms with Crippen molar-refractivity contribution in [1.29, 1.82) is 0 Å². The van der Waals surface area contributed by atoms with Gasteiger partial charge in [-0.1, -0.05) is 42.5 Å². The van der Waals surface area contributed by atoms with Crippen molar-refractivity contribution < 1.29 is 23.2 Å². The van der Waals surface area contributed by atoms with Gasteiger partial charge in [0.1, 0.15) is 23.7 Å². The third-order valence-corrected chi connectivity index (χ3v) is 5.11. The fraction of sp³-hybridized carbons (Fsp3) is 0.136. The maximum atomic E-state index is 13.8. The fourth-order valence-corrected chi connectivity index (χ4v) is 3.61. The second-order valence-electron chi connectivity index (χ2n) is 7.15. The van der Waals surface area contributed by atoms with Crippen LogP contribution in [-0.2, 0) is 15.1 Å². The lowest BCUT2D eigenvalue weighted by molar-refractivity contribution is -0.133. The van der Waals surface area contributed by atoms with Crippen LogP contribution < -0.4 is 10.6 Å². The molecule has 0 spiro atoms. The van der Waals surface area contributed by atoms with Crippen LogP contribution in [0.1, 0.15) is 12.5 Å². The van der Waals surface area contributed by atoms with Gasteiger partial charge in [0.25, 0.3) is 5.91 Å². The van der Waals surface area contributed by atoms with Crippen molar-refractivity contribution in [3.8, 4) is 0 Å². The minimum Gasteiger partial charge on any atom is -0.322 e. The van der Waals surface area contributed by atoms with Crippen LogP contribution in [0.25, 0.3) is 10.8 Å². The summed E-state index contributed by atoms with van der Waals surface area (Å²) in [5.41, 5.74) is -1.00. The van der Waals surface area contributed by atoms with Crippen LogP contribution in [0.3, 0.4) is 0 Å². The summed E-state index contributed by atoms with van der Waals surface area (Å²) < 4.78 is 26.8. The minimum atomic E-state index is -1.36. The molecular formula is C22H17F2N3O3. The second kappa shape index (κ2) is 7.22. The lowest BCUT2D eigenvalue weighted by atomic mass is 9.88. The Balaban J connectivity index is 1.58. The topological polar surface area (TPSA) is 78.5 Å². The molecule has 30 heavy (non-hydrogen) atoms. The van der Waals surface area contributed by atoms with E-state index in [2.05, 4.69) is 10.6 Å². The summed E-state index contributed by atoms with van der Waals surface area (Å²) in [4.78, 5) is 38.7. The summed E-state index contributed by atoms with van der Waals surface area (Å²) in [5, 5.41) is 6.61. The van der Waals surface area contributed by atoms with E-state index in [1.165, 1.54) is 0 Å². The van der Waals surface area contributed by atoms with E-state index in [1.54, 1.807) is 19.1 Å². The zero-order valence-corrected chi connectivity index (χ0v) is 15.9. The highest BCUT2D eigenvalue weighted by Crippen LogP contribution is 2.33. The lowest BCUT2D eigenvalue weighted by Crippen LogP contribution is -2.42. The molecule has 0 bridgehead atoms. The van der Waals surface area contributed by atoms with Crippen LogP contribution in [0, 0.1) is 11.6 Å². The van der Waals surface area contributed by atoms with E-state index < -0.39 is 41.6 Å². The first-order valence-corrected chi connectivity index (χ1v) is 9.17. The maximum absolute atomic E-state index is 13.8. The van der Waals surface area contributed by atoms with Gasteiger partial charge < -0.3 is 10.6 Å². The first kappa shape index (κ1) is 19.5. The predicted molar refractivity (Wildman–Crippen MR) is 107 cm³/mol. The molecule has 0 aliphatic carbocycles.